The molecule has 1 unspecified atom stereocenters. The Kier molecular flexibility index (Phi) is 3.83. The van der Waals surface area contributed by atoms with Crippen LogP contribution in [0.2, 0.25) is 0 Å². The summed E-state index contributed by atoms with van der Waals surface area (Å²) in [5, 5.41) is 15.8. The Balaban J connectivity index is 1.44. The lowest BCUT2D eigenvalue weighted by Crippen LogP contribution is -2.41. The fourth-order valence-corrected chi connectivity index (χ4v) is 3.17. The van der Waals surface area contributed by atoms with Crippen molar-refractivity contribution in [1.82, 2.24) is 29.9 Å². The summed E-state index contributed by atoms with van der Waals surface area (Å²) in [5.74, 6) is 1.84. The molecule has 0 radical (unpaired) electrons. The van der Waals surface area contributed by atoms with Crippen molar-refractivity contribution in [3.63, 3.8) is 0 Å². The van der Waals surface area contributed by atoms with Crippen LogP contribution in [-0.4, -0.2) is 36.5 Å². The maximum atomic E-state index is 12.5. The van der Waals surface area contributed by atoms with Crippen LogP contribution in [0.3, 0.4) is 0 Å². The number of benzene rings is 1. The number of carbonyl (C=O) groups is 1. The van der Waals surface area contributed by atoms with Crippen LogP contribution in [0, 0.1) is 13.8 Å². The van der Waals surface area contributed by atoms with Crippen LogP contribution in [0.15, 0.2) is 36.5 Å². The second-order valence-corrected chi connectivity index (χ2v) is 6.43. The molecule has 0 spiro atoms. The molecular formula is C18H20N6O. The molecule has 7 heteroatoms. The molecule has 0 saturated heterocycles. The van der Waals surface area contributed by atoms with E-state index < -0.39 is 0 Å². The summed E-state index contributed by atoms with van der Waals surface area (Å²) in [7, 11) is 0. The molecule has 0 fully saturated rings. The minimum absolute atomic E-state index is 0.0534. The lowest BCUT2D eigenvalue weighted by Gasteiger charge is -2.25. The Labute approximate surface area is 145 Å². The van der Waals surface area contributed by atoms with Crippen LogP contribution in [0.4, 0.5) is 0 Å². The Morgan fingerprint density at radius 3 is 2.68 bits per heavy atom. The van der Waals surface area contributed by atoms with E-state index in [-0.39, 0.29) is 11.9 Å². The number of aryl methyl sites for hydroxylation is 3. The van der Waals surface area contributed by atoms with E-state index in [9.17, 15) is 4.79 Å². The van der Waals surface area contributed by atoms with E-state index in [1.165, 1.54) is 0 Å². The van der Waals surface area contributed by atoms with Crippen molar-refractivity contribution in [1.29, 1.82) is 0 Å². The lowest BCUT2D eigenvalue weighted by atomic mass is 10.1. The van der Waals surface area contributed by atoms with Gasteiger partial charge in [0, 0.05) is 30.8 Å². The zero-order valence-electron chi connectivity index (χ0n) is 14.3. The van der Waals surface area contributed by atoms with Gasteiger partial charge in [-0.1, -0.05) is 0 Å². The Morgan fingerprint density at radius 1 is 1.16 bits per heavy atom. The third-order valence-corrected chi connectivity index (χ3v) is 4.58. The highest BCUT2D eigenvalue weighted by Crippen LogP contribution is 2.16. The number of aromatic nitrogens is 5. The summed E-state index contributed by atoms with van der Waals surface area (Å²) >= 11 is 0. The van der Waals surface area contributed by atoms with Gasteiger partial charge in [0.15, 0.2) is 0 Å². The standard InChI is InChI=1S/C18H20N6O/c1-12-9-10-24(22-12)16-6-3-14(4-7-16)18(25)19-15-5-8-17-21-20-13(2)23(17)11-15/h3-4,6-7,9-10,15H,5,8,11H2,1-2H3,(H,19,25). The number of amides is 1. The van der Waals surface area contributed by atoms with Gasteiger partial charge in [-0.05, 0) is 50.6 Å². The minimum atomic E-state index is -0.0534. The number of carbonyl (C=O) groups excluding carboxylic acids is 1. The first kappa shape index (κ1) is 15.6. The van der Waals surface area contributed by atoms with E-state index in [1.807, 2.05) is 50.4 Å². The monoisotopic (exact) mass is 336 g/mol. The van der Waals surface area contributed by atoms with Crippen LogP contribution in [0.1, 0.15) is 34.1 Å². The molecule has 0 saturated carbocycles. The molecule has 1 aliphatic rings. The summed E-state index contributed by atoms with van der Waals surface area (Å²) in [6, 6.07) is 9.53. The molecule has 0 aliphatic carbocycles. The van der Waals surface area contributed by atoms with Gasteiger partial charge in [-0.15, -0.1) is 10.2 Å². The van der Waals surface area contributed by atoms with E-state index in [4.69, 9.17) is 0 Å². The molecule has 1 aliphatic heterocycles. The van der Waals surface area contributed by atoms with Gasteiger partial charge in [0.25, 0.3) is 5.91 Å². The van der Waals surface area contributed by atoms with Crippen molar-refractivity contribution < 1.29 is 4.79 Å². The fraction of sp³-hybridized carbons (Fsp3) is 0.333. The first-order valence-electron chi connectivity index (χ1n) is 8.42. The Morgan fingerprint density at radius 2 is 1.96 bits per heavy atom. The van der Waals surface area contributed by atoms with Crippen LogP contribution >= 0.6 is 0 Å². The molecule has 7 nitrogen and oxygen atoms in total. The summed E-state index contributed by atoms with van der Waals surface area (Å²) in [6.45, 7) is 4.62. The minimum Gasteiger partial charge on any atom is -0.347 e. The maximum absolute atomic E-state index is 12.5. The number of hydrogen-bond acceptors (Lipinski definition) is 4. The predicted octanol–water partition coefficient (Wildman–Crippen LogP) is 1.83. The van der Waals surface area contributed by atoms with Gasteiger partial charge < -0.3 is 9.88 Å². The van der Waals surface area contributed by atoms with Crippen molar-refractivity contribution in [2.24, 2.45) is 0 Å². The largest absolute Gasteiger partial charge is 0.347 e. The van der Waals surface area contributed by atoms with Crippen molar-refractivity contribution in [3.8, 4) is 5.69 Å². The second-order valence-electron chi connectivity index (χ2n) is 6.43. The Bertz CT molecular complexity index is 908. The maximum Gasteiger partial charge on any atom is 0.251 e. The quantitative estimate of drug-likeness (QED) is 0.791. The molecule has 1 aromatic carbocycles. The molecule has 1 N–H and O–H groups in total. The van der Waals surface area contributed by atoms with Gasteiger partial charge in [-0.25, -0.2) is 4.68 Å². The highest BCUT2D eigenvalue weighted by atomic mass is 16.1. The van der Waals surface area contributed by atoms with Gasteiger partial charge in [-0.2, -0.15) is 5.10 Å². The first-order chi connectivity index (χ1) is 12.1. The zero-order chi connectivity index (χ0) is 17.4. The molecule has 1 atom stereocenters. The Hall–Kier alpha value is -2.96. The SMILES string of the molecule is Cc1ccn(-c2ccc(C(=O)NC3CCc4nnc(C)n4C3)cc2)n1. The van der Waals surface area contributed by atoms with Crippen molar-refractivity contribution in [2.45, 2.75) is 39.3 Å². The van der Waals surface area contributed by atoms with E-state index in [0.717, 1.165) is 42.4 Å². The number of hydrogen-bond donors (Lipinski definition) is 1. The highest BCUT2D eigenvalue weighted by Gasteiger charge is 2.23. The van der Waals surface area contributed by atoms with E-state index in [2.05, 4.69) is 25.2 Å². The summed E-state index contributed by atoms with van der Waals surface area (Å²) in [4.78, 5) is 12.5. The topological polar surface area (TPSA) is 77.6 Å². The van der Waals surface area contributed by atoms with Crippen LogP contribution in [-0.2, 0) is 13.0 Å². The van der Waals surface area contributed by atoms with Crippen LogP contribution in [0.25, 0.3) is 5.69 Å². The number of rotatable bonds is 3. The smallest absolute Gasteiger partial charge is 0.251 e. The molecule has 3 heterocycles. The summed E-state index contributed by atoms with van der Waals surface area (Å²) in [5.41, 5.74) is 2.55. The van der Waals surface area contributed by atoms with Gasteiger partial charge in [0.2, 0.25) is 0 Å². The number of nitrogens with one attached hydrogen (secondary N) is 1. The van der Waals surface area contributed by atoms with Gasteiger partial charge in [-0.3, -0.25) is 4.79 Å². The summed E-state index contributed by atoms with van der Waals surface area (Å²) < 4.78 is 3.88. The third-order valence-electron chi connectivity index (χ3n) is 4.58. The molecule has 1 amide bonds. The highest BCUT2D eigenvalue weighted by molar-refractivity contribution is 5.94. The molecule has 25 heavy (non-hydrogen) atoms. The van der Waals surface area contributed by atoms with E-state index in [1.54, 1.807) is 4.68 Å². The molecule has 4 rings (SSSR count). The molecule has 128 valence electrons. The predicted molar refractivity (Wildman–Crippen MR) is 92.6 cm³/mol. The van der Waals surface area contributed by atoms with Crippen molar-refractivity contribution in [3.05, 3.63) is 59.4 Å². The second kappa shape index (κ2) is 6.16. The van der Waals surface area contributed by atoms with E-state index >= 15 is 0 Å². The van der Waals surface area contributed by atoms with Gasteiger partial charge >= 0.3 is 0 Å². The number of fused-ring (bicyclic) bond motifs is 1. The average molecular weight is 336 g/mol. The fourth-order valence-electron chi connectivity index (χ4n) is 3.17. The molecule has 3 aromatic rings. The summed E-state index contributed by atoms with van der Waals surface area (Å²) in [6.07, 6.45) is 3.63. The molecule has 0 bridgehead atoms. The normalized spacial score (nSPS) is 16.5. The van der Waals surface area contributed by atoms with E-state index in [0.29, 0.717) is 5.56 Å². The molecular weight excluding hydrogens is 316 g/mol. The zero-order valence-corrected chi connectivity index (χ0v) is 14.3. The van der Waals surface area contributed by atoms with Gasteiger partial charge in [0.1, 0.15) is 11.6 Å². The average Bonchev–Trinajstić information content (AvgIpc) is 3.21. The third kappa shape index (κ3) is 3.05. The van der Waals surface area contributed by atoms with Crippen LogP contribution in [0.5, 0.6) is 0 Å². The van der Waals surface area contributed by atoms with Gasteiger partial charge in [0.05, 0.1) is 11.4 Å². The lowest BCUT2D eigenvalue weighted by molar-refractivity contribution is 0.0927. The van der Waals surface area contributed by atoms with Crippen molar-refractivity contribution in [2.75, 3.05) is 0 Å². The van der Waals surface area contributed by atoms with Crippen molar-refractivity contribution >= 4 is 5.91 Å². The van der Waals surface area contributed by atoms with Crippen LogP contribution < -0.4 is 5.32 Å². The molecule has 2 aromatic heterocycles. The number of nitrogens with zero attached hydrogens (tertiary/aromatic N) is 5. The first-order valence-corrected chi connectivity index (χ1v) is 8.42.